The maximum Gasteiger partial charge on any atom is 0.270 e. The highest BCUT2D eigenvalue weighted by atomic mass is 16.7. The Hall–Kier alpha value is -5.34. The van der Waals surface area contributed by atoms with E-state index in [1.54, 1.807) is 11.8 Å². The standard InChI is InChI=1S/C47H63N5O18/c1-26-30(69-34-25-67-15-11-49-34)6-7-36(68-26)70-32-23-47(61,22-29-38(32)44(58)40-39(42(29)56)41(55)28-4-3-5-31(62-2)37(28)43(40)57)46(60)51-50-33(53)9-13-63-16-18-65-20-21-66-19-17-64-14-10-35(54)52-12-8-27(24-52)45(48)59/h3-5,26-27,30,32,34,36,49,56,58,61H,6-25H2,1-2H3,(H2,48,59)(H,50,53)(H,51,60)/t26-,27?,30-,32-,34?,36?,47-/m0/s1. The van der Waals surface area contributed by atoms with Crippen molar-refractivity contribution < 1.29 is 86.7 Å². The number of ketones is 2. The van der Waals surface area contributed by atoms with Crippen LogP contribution in [0.25, 0.3) is 0 Å². The van der Waals surface area contributed by atoms with Crippen LogP contribution in [0.15, 0.2) is 18.2 Å². The summed E-state index contributed by atoms with van der Waals surface area (Å²) in [6.07, 6.45) is -3.34. The van der Waals surface area contributed by atoms with E-state index in [-0.39, 0.29) is 104 Å². The molecule has 0 aromatic heterocycles. The number of hydrazine groups is 1. The van der Waals surface area contributed by atoms with Crippen molar-refractivity contribution in [3.05, 3.63) is 51.6 Å². The number of carbonyl (C=O) groups excluding carboxylic acids is 6. The van der Waals surface area contributed by atoms with E-state index in [9.17, 15) is 44.1 Å². The van der Waals surface area contributed by atoms with Crippen LogP contribution in [0.3, 0.4) is 0 Å². The van der Waals surface area contributed by atoms with Crippen LogP contribution in [0.4, 0.5) is 0 Å². The minimum atomic E-state index is -2.40. The molecule has 2 aromatic carbocycles. The first kappa shape index (κ1) is 52.5. The quantitative estimate of drug-likeness (QED) is 0.0390. The Balaban J connectivity index is 0.882. The molecule has 23 heteroatoms. The van der Waals surface area contributed by atoms with Gasteiger partial charge in [0, 0.05) is 55.6 Å². The molecule has 23 nitrogen and oxygen atoms in total. The molecule has 5 aliphatic rings. The number of amides is 4. The highest BCUT2D eigenvalue weighted by Gasteiger charge is 2.50. The number of nitrogens with zero attached hydrogens (tertiary/aromatic N) is 1. The molecular weight excluding hydrogens is 923 g/mol. The Morgan fingerprint density at radius 2 is 1.56 bits per heavy atom. The smallest absolute Gasteiger partial charge is 0.270 e. The van der Waals surface area contributed by atoms with Crippen LogP contribution in [0.1, 0.15) is 94.5 Å². The zero-order valence-electron chi connectivity index (χ0n) is 39.3. The third-order valence-electron chi connectivity index (χ3n) is 12.9. The van der Waals surface area contributed by atoms with Crippen molar-refractivity contribution >= 4 is 35.2 Å². The zero-order valence-corrected chi connectivity index (χ0v) is 39.3. The van der Waals surface area contributed by atoms with E-state index < -0.39 is 88.9 Å². The SMILES string of the molecule is COc1cccc2c1C(=O)c1c(O)c3c(c(O)c1C2=O)C[C@@](O)(C(=O)NNC(=O)CCOCCOCCOCCOCCC(=O)N1CCC(C(N)=O)C1)C[C@@H]3OC1CC[C@H](OC2COCCN2)[C@H](C)O1. The Morgan fingerprint density at radius 1 is 0.871 bits per heavy atom. The van der Waals surface area contributed by atoms with Crippen LogP contribution in [0, 0.1) is 5.92 Å². The van der Waals surface area contributed by atoms with Gasteiger partial charge in [-0.05, 0) is 25.8 Å². The predicted octanol–water partition coefficient (Wildman–Crippen LogP) is -0.199. The van der Waals surface area contributed by atoms with E-state index in [1.165, 1.54) is 25.3 Å². The fourth-order valence-electron chi connectivity index (χ4n) is 9.21. The van der Waals surface area contributed by atoms with Crippen molar-refractivity contribution in [2.24, 2.45) is 11.7 Å². The van der Waals surface area contributed by atoms with E-state index >= 15 is 0 Å². The number of methoxy groups -OCH3 is 1. The summed E-state index contributed by atoms with van der Waals surface area (Å²) in [5.74, 6) is -5.40. The Kier molecular flexibility index (Phi) is 18.1. The molecule has 70 heavy (non-hydrogen) atoms. The van der Waals surface area contributed by atoms with Gasteiger partial charge in [-0.2, -0.15) is 0 Å². The van der Waals surface area contributed by atoms with E-state index in [0.717, 1.165) is 0 Å². The summed E-state index contributed by atoms with van der Waals surface area (Å²) in [5, 5.41) is 39.1. The summed E-state index contributed by atoms with van der Waals surface area (Å²) in [5.41, 5.74) is 5.92. The van der Waals surface area contributed by atoms with Crippen molar-refractivity contribution in [1.82, 2.24) is 21.1 Å². The third kappa shape index (κ3) is 12.4. The molecule has 7 atom stereocenters. The van der Waals surface area contributed by atoms with Crippen molar-refractivity contribution in [3.8, 4) is 17.2 Å². The molecule has 384 valence electrons. The molecule has 3 aliphatic heterocycles. The van der Waals surface area contributed by atoms with Gasteiger partial charge in [0.2, 0.25) is 23.5 Å². The lowest BCUT2D eigenvalue weighted by Crippen LogP contribution is -2.56. The average molecular weight is 986 g/mol. The minimum absolute atomic E-state index is 0.0326. The summed E-state index contributed by atoms with van der Waals surface area (Å²) in [6.45, 7) is 5.96. The minimum Gasteiger partial charge on any atom is -0.507 e. The van der Waals surface area contributed by atoms with E-state index in [2.05, 4.69) is 16.2 Å². The molecule has 3 fully saturated rings. The Bertz CT molecular complexity index is 2240. The number of nitrogens with one attached hydrogen (secondary N) is 3. The lowest BCUT2D eigenvalue weighted by atomic mass is 9.72. The van der Waals surface area contributed by atoms with Crippen LogP contribution in [-0.4, -0.2) is 179 Å². The fraction of sp³-hybridized carbons (Fsp3) is 0.617. The monoisotopic (exact) mass is 985 g/mol. The summed E-state index contributed by atoms with van der Waals surface area (Å²) in [7, 11) is 1.33. The first-order chi connectivity index (χ1) is 33.7. The molecule has 0 bridgehead atoms. The van der Waals surface area contributed by atoms with Crippen LogP contribution >= 0.6 is 0 Å². The predicted molar refractivity (Wildman–Crippen MR) is 240 cm³/mol. The summed E-state index contributed by atoms with van der Waals surface area (Å²) < 4.78 is 51.5. The number of nitrogens with two attached hydrogens (primary N) is 1. The number of rotatable bonds is 22. The number of hydrogen-bond donors (Lipinski definition) is 7. The molecular formula is C47H63N5O18. The number of morpholine rings is 1. The highest BCUT2D eigenvalue weighted by molar-refractivity contribution is 6.31. The number of phenolic OH excluding ortho intramolecular Hbond substituents is 2. The number of primary amides is 1. The van der Waals surface area contributed by atoms with Crippen molar-refractivity contribution in [2.45, 2.75) is 88.3 Å². The number of phenols is 2. The molecule has 3 heterocycles. The molecule has 7 rings (SSSR count). The van der Waals surface area contributed by atoms with Gasteiger partial charge in [-0.15, -0.1) is 0 Å². The highest BCUT2D eigenvalue weighted by Crippen LogP contribution is 2.52. The van der Waals surface area contributed by atoms with Crippen LogP contribution in [-0.2, 0) is 63.5 Å². The second kappa shape index (κ2) is 24.2. The van der Waals surface area contributed by atoms with E-state index in [1.807, 2.05) is 0 Å². The molecule has 4 amide bonds. The number of aliphatic hydroxyl groups is 1. The Morgan fingerprint density at radius 3 is 2.20 bits per heavy atom. The second-order valence-corrected chi connectivity index (χ2v) is 17.6. The number of aromatic hydroxyl groups is 2. The summed E-state index contributed by atoms with van der Waals surface area (Å²) >= 11 is 0. The van der Waals surface area contributed by atoms with Gasteiger partial charge in [-0.25, -0.2) is 0 Å². The zero-order chi connectivity index (χ0) is 50.0. The molecule has 0 saturated carbocycles. The first-order valence-corrected chi connectivity index (χ1v) is 23.5. The van der Waals surface area contributed by atoms with Crippen LogP contribution < -0.4 is 26.6 Å². The average Bonchev–Trinajstić information content (AvgIpc) is 3.86. The van der Waals surface area contributed by atoms with Crippen molar-refractivity contribution in [1.29, 1.82) is 0 Å². The number of benzene rings is 2. The van der Waals surface area contributed by atoms with Gasteiger partial charge in [0.05, 0.1) is 127 Å². The van der Waals surface area contributed by atoms with E-state index in [0.29, 0.717) is 65.5 Å². The summed E-state index contributed by atoms with van der Waals surface area (Å²) in [6, 6.07) is 4.38. The van der Waals surface area contributed by atoms with Crippen molar-refractivity contribution in [3.63, 3.8) is 0 Å². The lowest BCUT2D eigenvalue weighted by molar-refractivity contribution is -0.258. The van der Waals surface area contributed by atoms with Gasteiger partial charge >= 0.3 is 0 Å². The van der Waals surface area contributed by atoms with Gasteiger partial charge in [0.1, 0.15) is 23.5 Å². The third-order valence-corrected chi connectivity index (χ3v) is 12.9. The number of carbonyl (C=O) groups is 6. The van der Waals surface area contributed by atoms with Gasteiger partial charge in [-0.1, -0.05) is 12.1 Å². The maximum absolute atomic E-state index is 14.1. The first-order valence-electron chi connectivity index (χ1n) is 23.5. The van der Waals surface area contributed by atoms with Gasteiger partial charge in [0.15, 0.2) is 17.7 Å². The maximum atomic E-state index is 14.1. The molecule has 2 aromatic rings. The summed E-state index contributed by atoms with van der Waals surface area (Å²) in [4.78, 5) is 79.8. The number of ether oxygens (including phenoxy) is 9. The normalized spacial score (nSPS) is 25.2. The second-order valence-electron chi connectivity index (χ2n) is 17.6. The molecule has 2 aliphatic carbocycles. The van der Waals surface area contributed by atoms with Gasteiger partial charge in [0.25, 0.3) is 5.91 Å². The Labute approximate surface area is 403 Å². The molecule has 3 saturated heterocycles. The molecule has 3 unspecified atom stereocenters. The number of likely N-dealkylation sites (tertiary alicyclic amines) is 1. The van der Waals surface area contributed by atoms with Crippen LogP contribution in [0.5, 0.6) is 17.2 Å². The topological polar surface area (TPSA) is 312 Å². The van der Waals surface area contributed by atoms with Crippen LogP contribution in [0.2, 0.25) is 0 Å². The molecule has 8 N–H and O–H groups in total. The largest absolute Gasteiger partial charge is 0.507 e. The van der Waals surface area contributed by atoms with Gasteiger partial charge in [-0.3, -0.25) is 44.9 Å². The fourth-order valence-corrected chi connectivity index (χ4v) is 9.21. The number of fused-ring (bicyclic) bond motifs is 3. The molecule has 0 spiro atoms. The van der Waals surface area contributed by atoms with E-state index in [4.69, 9.17) is 48.4 Å². The molecule has 0 radical (unpaired) electrons. The van der Waals surface area contributed by atoms with Gasteiger partial charge < -0.3 is 68.6 Å². The number of hydrogen-bond acceptors (Lipinski definition) is 19. The van der Waals surface area contributed by atoms with Crippen molar-refractivity contribution in [2.75, 3.05) is 92.8 Å². The lowest BCUT2D eigenvalue weighted by Gasteiger charge is -2.42.